The number of aryl methyl sites for hydroxylation is 3. The minimum atomic E-state index is -3.89. The maximum absolute atomic E-state index is 13.5. The van der Waals surface area contributed by atoms with Crippen LogP contribution in [0.25, 0.3) is 12.2 Å². The van der Waals surface area contributed by atoms with Gasteiger partial charge in [-0.15, -0.1) is 0 Å². The van der Waals surface area contributed by atoms with E-state index >= 15 is 0 Å². The molecule has 1 N–H and O–H groups in total. The van der Waals surface area contributed by atoms with Crippen LogP contribution in [0.1, 0.15) is 46.9 Å². The van der Waals surface area contributed by atoms with Gasteiger partial charge in [-0.05, 0) is 57.4 Å². The first-order valence-corrected chi connectivity index (χ1v) is 12.7. The molecule has 9 heteroatoms. The lowest BCUT2D eigenvalue weighted by Crippen LogP contribution is -2.45. The van der Waals surface area contributed by atoms with Crippen molar-refractivity contribution in [2.75, 3.05) is 13.1 Å². The average molecular weight is 484 g/mol. The summed E-state index contributed by atoms with van der Waals surface area (Å²) in [5, 5.41) is 6.76. The van der Waals surface area contributed by atoms with Gasteiger partial charge in [-0.25, -0.2) is 8.42 Å². The SMILES string of the molecule is Cc1ccc(C=Cc2onc(C)c2S(=O)(=O)N2CCCC(C(=O)NCc3ccc(C)o3)C2)cc1. The fraction of sp³-hybridized carbons (Fsp3) is 0.360. The molecule has 3 aromatic rings. The number of furan rings is 1. The van der Waals surface area contributed by atoms with Crippen molar-refractivity contribution in [3.63, 3.8) is 0 Å². The van der Waals surface area contributed by atoms with Gasteiger partial charge in [-0.3, -0.25) is 4.79 Å². The Morgan fingerprint density at radius 1 is 1.15 bits per heavy atom. The molecule has 180 valence electrons. The molecule has 0 radical (unpaired) electrons. The van der Waals surface area contributed by atoms with E-state index in [0.717, 1.165) is 16.9 Å². The first-order valence-electron chi connectivity index (χ1n) is 11.3. The zero-order chi connectivity index (χ0) is 24.3. The second kappa shape index (κ2) is 9.99. The summed E-state index contributed by atoms with van der Waals surface area (Å²) >= 11 is 0. The highest BCUT2D eigenvalue weighted by molar-refractivity contribution is 7.89. The fourth-order valence-corrected chi connectivity index (χ4v) is 5.82. The Kier molecular flexibility index (Phi) is 7.04. The topological polar surface area (TPSA) is 106 Å². The summed E-state index contributed by atoms with van der Waals surface area (Å²) in [6, 6.07) is 11.5. The molecule has 0 aliphatic carbocycles. The van der Waals surface area contributed by atoms with E-state index in [9.17, 15) is 13.2 Å². The molecule has 1 aromatic carbocycles. The fourth-order valence-electron chi connectivity index (χ4n) is 4.05. The summed E-state index contributed by atoms with van der Waals surface area (Å²) in [5.41, 5.74) is 2.35. The Hall–Kier alpha value is -3.17. The quantitative estimate of drug-likeness (QED) is 0.543. The van der Waals surface area contributed by atoms with Gasteiger partial charge in [0.1, 0.15) is 17.2 Å². The van der Waals surface area contributed by atoms with E-state index in [1.165, 1.54) is 4.31 Å². The monoisotopic (exact) mass is 483 g/mol. The van der Waals surface area contributed by atoms with Gasteiger partial charge >= 0.3 is 0 Å². The highest BCUT2D eigenvalue weighted by Gasteiger charge is 2.36. The number of carbonyl (C=O) groups excluding carboxylic acids is 1. The Labute approximate surface area is 199 Å². The second-order valence-corrected chi connectivity index (χ2v) is 10.5. The Balaban J connectivity index is 1.48. The van der Waals surface area contributed by atoms with Crippen molar-refractivity contribution in [1.29, 1.82) is 0 Å². The van der Waals surface area contributed by atoms with E-state index in [1.54, 1.807) is 19.1 Å². The number of carbonyl (C=O) groups is 1. The Morgan fingerprint density at radius 2 is 1.91 bits per heavy atom. The van der Waals surface area contributed by atoms with Crippen LogP contribution in [0, 0.1) is 26.7 Å². The van der Waals surface area contributed by atoms with Crippen LogP contribution in [0.5, 0.6) is 0 Å². The summed E-state index contributed by atoms with van der Waals surface area (Å²) in [6.45, 7) is 6.17. The molecule has 4 rings (SSSR count). The minimum Gasteiger partial charge on any atom is -0.465 e. The average Bonchev–Trinajstić information content (AvgIpc) is 3.42. The van der Waals surface area contributed by atoms with Crippen LogP contribution in [-0.2, 0) is 21.4 Å². The molecule has 8 nitrogen and oxygen atoms in total. The second-order valence-electron chi connectivity index (χ2n) is 8.64. The molecular weight excluding hydrogens is 454 g/mol. The van der Waals surface area contributed by atoms with E-state index in [2.05, 4.69) is 10.5 Å². The molecule has 0 spiro atoms. The lowest BCUT2D eigenvalue weighted by atomic mass is 9.99. The van der Waals surface area contributed by atoms with Gasteiger partial charge in [0.2, 0.25) is 15.9 Å². The minimum absolute atomic E-state index is 0.0444. The molecule has 1 fully saturated rings. The number of amides is 1. The molecule has 1 atom stereocenters. The van der Waals surface area contributed by atoms with Crippen molar-refractivity contribution in [3.05, 3.63) is 70.5 Å². The standard InChI is InChI=1S/C25H29N3O5S/c1-17-6-9-20(10-7-17)11-13-23-24(19(3)27-33-23)34(30,31)28-14-4-5-21(16-28)25(29)26-15-22-12-8-18(2)32-22/h6-13,21H,4-5,14-16H2,1-3H3,(H,26,29). The maximum atomic E-state index is 13.5. The van der Waals surface area contributed by atoms with Crippen LogP contribution in [0.4, 0.5) is 0 Å². The van der Waals surface area contributed by atoms with E-state index in [0.29, 0.717) is 30.8 Å². The van der Waals surface area contributed by atoms with Gasteiger partial charge < -0.3 is 14.3 Å². The highest BCUT2D eigenvalue weighted by atomic mass is 32.2. The van der Waals surface area contributed by atoms with E-state index < -0.39 is 15.9 Å². The number of hydrogen-bond donors (Lipinski definition) is 1. The molecule has 34 heavy (non-hydrogen) atoms. The normalized spacial score (nSPS) is 17.3. The number of rotatable bonds is 7. The van der Waals surface area contributed by atoms with E-state index in [1.807, 2.05) is 50.2 Å². The summed E-state index contributed by atoms with van der Waals surface area (Å²) < 4.78 is 39.3. The molecule has 3 heterocycles. The van der Waals surface area contributed by atoms with Crippen molar-refractivity contribution in [2.24, 2.45) is 5.92 Å². The zero-order valence-corrected chi connectivity index (χ0v) is 20.4. The summed E-state index contributed by atoms with van der Waals surface area (Å²) in [7, 11) is -3.89. The molecule has 1 amide bonds. The third-order valence-corrected chi connectivity index (χ3v) is 7.95. The molecule has 2 aromatic heterocycles. The number of nitrogens with one attached hydrogen (secondary N) is 1. The molecule has 1 unspecified atom stereocenters. The van der Waals surface area contributed by atoms with Crippen LogP contribution >= 0.6 is 0 Å². The van der Waals surface area contributed by atoms with Crippen molar-refractivity contribution in [1.82, 2.24) is 14.8 Å². The number of piperidine rings is 1. The highest BCUT2D eigenvalue weighted by Crippen LogP contribution is 2.29. The molecule has 1 aliphatic heterocycles. The molecule has 0 bridgehead atoms. The lowest BCUT2D eigenvalue weighted by molar-refractivity contribution is -0.126. The van der Waals surface area contributed by atoms with Crippen LogP contribution in [0.15, 0.2) is 50.2 Å². The smallest absolute Gasteiger partial charge is 0.248 e. The van der Waals surface area contributed by atoms with Gasteiger partial charge in [-0.1, -0.05) is 41.1 Å². The number of sulfonamides is 1. The molecule has 1 aliphatic rings. The predicted octanol–water partition coefficient (Wildman–Crippen LogP) is 4.08. The summed E-state index contributed by atoms with van der Waals surface area (Å²) in [4.78, 5) is 12.8. The Bertz CT molecular complexity index is 1290. The van der Waals surface area contributed by atoms with Gasteiger partial charge in [0, 0.05) is 13.1 Å². The van der Waals surface area contributed by atoms with Crippen LogP contribution in [-0.4, -0.2) is 36.9 Å². The van der Waals surface area contributed by atoms with Crippen molar-refractivity contribution >= 4 is 28.1 Å². The first-order chi connectivity index (χ1) is 16.2. The van der Waals surface area contributed by atoms with Crippen molar-refractivity contribution < 1.29 is 22.2 Å². The van der Waals surface area contributed by atoms with E-state index in [4.69, 9.17) is 8.94 Å². The number of benzene rings is 1. The first kappa shape index (κ1) is 24.0. The molecule has 0 saturated carbocycles. The number of hydrogen-bond acceptors (Lipinski definition) is 6. The lowest BCUT2D eigenvalue weighted by Gasteiger charge is -2.31. The van der Waals surface area contributed by atoms with Crippen molar-refractivity contribution in [3.8, 4) is 0 Å². The number of aromatic nitrogens is 1. The third-order valence-electron chi connectivity index (χ3n) is 5.92. The van der Waals surface area contributed by atoms with Crippen LogP contribution in [0.3, 0.4) is 0 Å². The molecule has 1 saturated heterocycles. The summed E-state index contributed by atoms with van der Waals surface area (Å²) in [6.07, 6.45) is 4.63. The van der Waals surface area contributed by atoms with Crippen LogP contribution in [0.2, 0.25) is 0 Å². The predicted molar refractivity (Wildman–Crippen MR) is 128 cm³/mol. The van der Waals surface area contributed by atoms with Crippen LogP contribution < -0.4 is 5.32 Å². The van der Waals surface area contributed by atoms with Gasteiger partial charge in [0.25, 0.3) is 0 Å². The van der Waals surface area contributed by atoms with Gasteiger partial charge in [-0.2, -0.15) is 4.31 Å². The third kappa shape index (κ3) is 5.31. The molecular formula is C25H29N3O5S. The number of nitrogens with zero attached hydrogens (tertiary/aromatic N) is 2. The maximum Gasteiger partial charge on any atom is 0.248 e. The largest absolute Gasteiger partial charge is 0.465 e. The van der Waals surface area contributed by atoms with E-state index in [-0.39, 0.29) is 29.7 Å². The zero-order valence-electron chi connectivity index (χ0n) is 19.6. The van der Waals surface area contributed by atoms with Gasteiger partial charge in [0.15, 0.2) is 10.7 Å². The Morgan fingerprint density at radius 3 is 2.62 bits per heavy atom. The summed E-state index contributed by atoms with van der Waals surface area (Å²) in [5.74, 6) is 0.992. The van der Waals surface area contributed by atoms with Gasteiger partial charge in [0.05, 0.1) is 12.5 Å². The van der Waals surface area contributed by atoms with Crippen molar-refractivity contribution in [2.45, 2.75) is 45.1 Å².